The maximum atomic E-state index is 11.9. The molecule has 0 radical (unpaired) electrons. The lowest BCUT2D eigenvalue weighted by Gasteiger charge is -2.27. The minimum absolute atomic E-state index is 0.00201. The Balaban J connectivity index is 2.71. The van der Waals surface area contributed by atoms with Gasteiger partial charge in [-0.15, -0.1) is 0 Å². The Kier molecular flexibility index (Phi) is 7.60. The van der Waals surface area contributed by atoms with Gasteiger partial charge in [0.1, 0.15) is 5.75 Å². The molecule has 0 aliphatic rings. The summed E-state index contributed by atoms with van der Waals surface area (Å²) in [5, 5.41) is 13.4. The zero-order chi connectivity index (χ0) is 18.2. The number of nitrogens with one attached hydrogen (secondary N) is 1. The third-order valence-electron chi connectivity index (χ3n) is 2.78. The van der Waals surface area contributed by atoms with Crippen molar-refractivity contribution in [3.63, 3.8) is 0 Å². The first-order chi connectivity index (χ1) is 11.2. The third-order valence-corrected chi connectivity index (χ3v) is 2.78. The largest absolute Gasteiger partial charge is 0.464 e. The Bertz CT molecular complexity index is 538. The monoisotopic (exact) mass is 340 g/mol. The summed E-state index contributed by atoms with van der Waals surface area (Å²) in [6.07, 6.45) is -0.813. The maximum Gasteiger partial charge on any atom is 0.269 e. The van der Waals surface area contributed by atoms with E-state index in [1.807, 2.05) is 20.8 Å². The summed E-state index contributed by atoms with van der Waals surface area (Å²) in [7, 11) is 1.55. The number of hydrogen-bond acceptors (Lipinski definition) is 6. The van der Waals surface area contributed by atoms with Gasteiger partial charge in [-0.05, 0) is 32.9 Å². The minimum atomic E-state index is -0.811. The molecule has 0 aromatic heterocycles. The molecular formula is C16H24N2O6. The quantitative estimate of drug-likeness (QED) is 0.320. The highest BCUT2D eigenvalue weighted by Gasteiger charge is 2.23. The Morgan fingerprint density at radius 1 is 1.29 bits per heavy atom. The molecular weight excluding hydrogens is 316 g/mol. The molecule has 1 unspecified atom stereocenters. The molecule has 0 fully saturated rings. The Labute approximate surface area is 141 Å². The number of methoxy groups -OCH3 is 1. The molecule has 134 valence electrons. The third kappa shape index (κ3) is 7.89. The van der Waals surface area contributed by atoms with Gasteiger partial charge in [0.25, 0.3) is 5.69 Å². The molecule has 1 atom stereocenters. The van der Waals surface area contributed by atoms with Crippen molar-refractivity contribution in [3.8, 4) is 5.75 Å². The summed E-state index contributed by atoms with van der Waals surface area (Å²) in [5.74, 6) is 0.155. The SMILES string of the molecule is COCCNC(=O)CC(Oc1ccc([N+](=O)[O-])cc1)OC(C)(C)C. The van der Waals surface area contributed by atoms with Crippen LogP contribution in [0.5, 0.6) is 5.75 Å². The zero-order valence-corrected chi connectivity index (χ0v) is 14.4. The molecule has 1 rings (SSSR count). The molecule has 0 aliphatic heterocycles. The normalized spacial score (nSPS) is 12.5. The van der Waals surface area contributed by atoms with Crippen LogP contribution in [0.1, 0.15) is 27.2 Å². The number of nitro benzene ring substituents is 1. The van der Waals surface area contributed by atoms with E-state index in [1.165, 1.54) is 24.3 Å². The van der Waals surface area contributed by atoms with Gasteiger partial charge < -0.3 is 19.5 Å². The Morgan fingerprint density at radius 3 is 2.42 bits per heavy atom. The summed E-state index contributed by atoms with van der Waals surface area (Å²) in [6.45, 7) is 6.36. The van der Waals surface area contributed by atoms with Crippen molar-refractivity contribution in [2.75, 3.05) is 20.3 Å². The highest BCUT2D eigenvalue weighted by molar-refractivity contribution is 5.76. The summed E-state index contributed by atoms with van der Waals surface area (Å²) in [6, 6.07) is 5.62. The molecule has 1 aromatic rings. The lowest BCUT2D eigenvalue weighted by atomic mass is 10.2. The van der Waals surface area contributed by atoms with E-state index in [0.29, 0.717) is 18.9 Å². The van der Waals surface area contributed by atoms with Gasteiger partial charge >= 0.3 is 0 Å². The van der Waals surface area contributed by atoms with Crippen LogP contribution in [-0.2, 0) is 14.3 Å². The predicted molar refractivity (Wildman–Crippen MR) is 87.9 cm³/mol. The molecule has 1 aromatic carbocycles. The van der Waals surface area contributed by atoms with Crippen LogP contribution in [0.2, 0.25) is 0 Å². The van der Waals surface area contributed by atoms with E-state index in [0.717, 1.165) is 0 Å². The van der Waals surface area contributed by atoms with Crippen LogP contribution in [0.4, 0.5) is 5.69 Å². The number of ether oxygens (including phenoxy) is 3. The molecule has 24 heavy (non-hydrogen) atoms. The number of carbonyl (C=O) groups excluding carboxylic acids is 1. The number of amides is 1. The van der Waals surface area contributed by atoms with E-state index < -0.39 is 16.8 Å². The van der Waals surface area contributed by atoms with Gasteiger partial charge in [-0.2, -0.15) is 0 Å². The molecule has 0 bridgehead atoms. The van der Waals surface area contributed by atoms with Gasteiger partial charge in [0.15, 0.2) is 0 Å². The van der Waals surface area contributed by atoms with E-state index in [2.05, 4.69) is 5.32 Å². The fourth-order valence-electron chi connectivity index (χ4n) is 1.82. The standard InChI is InChI=1S/C16H24N2O6/c1-16(2,3)24-15(11-14(19)17-9-10-22-4)23-13-7-5-12(6-8-13)18(20)21/h5-8,15H,9-11H2,1-4H3,(H,17,19). The average molecular weight is 340 g/mol. The number of rotatable bonds is 9. The van der Waals surface area contributed by atoms with E-state index >= 15 is 0 Å². The van der Waals surface area contributed by atoms with Gasteiger partial charge in [0.05, 0.1) is 23.6 Å². The molecule has 0 heterocycles. The number of benzene rings is 1. The Hall–Kier alpha value is -2.19. The van der Waals surface area contributed by atoms with E-state index in [-0.39, 0.29) is 18.0 Å². The van der Waals surface area contributed by atoms with Crippen LogP contribution >= 0.6 is 0 Å². The fourth-order valence-corrected chi connectivity index (χ4v) is 1.82. The maximum absolute atomic E-state index is 11.9. The highest BCUT2D eigenvalue weighted by atomic mass is 16.7. The van der Waals surface area contributed by atoms with Crippen molar-refractivity contribution >= 4 is 11.6 Å². The first-order valence-corrected chi connectivity index (χ1v) is 7.56. The number of carbonyl (C=O) groups is 1. The zero-order valence-electron chi connectivity index (χ0n) is 14.4. The first kappa shape index (κ1) is 19.9. The van der Waals surface area contributed by atoms with E-state index in [1.54, 1.807) is 7.11 Å². The second-order valence-electron chi connectivity index (χ2n) is 6.08. The van der Waals surface area contributed by atoms with Crippen molar-refractivity contribution in [2.45, 2.75) is 39.1 Å². The summed E-state index contributed by atoms with van der Waals surface area (Å²) < 4.78 is 16.3. The lowest BCUT2D eigenvalue weighted by Crippen LogP contribution is -2.37. The van der Waals surface area contributed by atoms with Crippen LogP contribution in [0.3, 0.4) is 0 Å². The van der Waals surface area contributed by atoms with Gasteiger partial charge in [0.2, 0.25) is 12.2 Å². The predicted octanol–water partition coefficient (Wildman–Crippen LogP) is 2.27. The second-order valence-corrected chi connectivity index (χ2v) is 6.08. The van der Waals surface area contributed by atoms with E-state index in [9.17, 15) is 14.9 Å². The number of hydrogen-bond donors (Lipinski definition) is 1. The number of non-ortho nitro benzene ring substituents is 1. The molecule has 0 spiro atoms. The second kappa shape index (κ2) is 9.19. The van der Waals surface area contributed by atoms with Crippen LogP contribution in [0.25, 0.3) is 0 Å². The van der Waals surface area contributed by atoms with Crippen LogP contribution < -0.4 is 10.1 Å². The fraction of sp³-hybridized carbons (Fsp3) is 0.562. The van der Waals surface area contributed by atoms with E-state index in [4.69, 9.17) is 14.2 Å². The Morgan fingerprint density at radius 2 is 1.92 bits per heavy atom. The van der Waals surface area contributed by atoms with Crippen molar-refractivity contribution < 1.29 is 23.9 Å². The van der Waals surface area contributed by atoms with Crippen LogP contribution in [-0.4, -0.2) is 43.0 Å². The summed E-state index contributed by atoms with van der Waals surface area (Å²) in [4.78, 5) is 22.1. The lowest BCUT2D eigenvalue weighted by molar-refractivity contribution is -0.384. The smallest absolute Gasteiger partial charge is 0.269 e. The van der Waals surface area contributed by atoms with Gasteiger partial charge in [-0.25, -0.2) is 0 Å². The molecule has 8 heteroatoms. The summed E-state index contributed by atoms with van der Waals surface area (Å²) >= 11 is 0. The minimum Gasteiger partial charge on any atom is -0.464 e. The summed E-state index contributed by atoms with van der Waals surface area (Å²) in [5.41, 5.74) is -0.550. The van der Waals surface area contributed by atoms with Crippen LogP contribution in [0.15, 0.2) is 24.3 Å². The molecule has 1 amide bonds. The molecule has 0 saturated carbocycles. The van der Waals surface area contributed by atoms with Crippen LogP contribution in [0, 0.1) is 10.1 Å². The van der Waals surface area contributed by atoms with Gasteiger partial charge in [-0.1, -0.05) is 0 Å². The number of nitrogens with zero attached hydrogens (tertiary/aromatic N) is 1. The van der Waals surface area contributed by atoms with Crippen molar-refractivity contribution in [1.82, 2.24) is 5.32 Å². The van der Waals surface area contributed by atoms with Crippen molar-refractivity contribution in [2.24, 2.45) is 0 Å². The molecule has 0 saturated heterocycles. The number of nitro groups is 1. The molecule has 8 nitrogen and oxygen atoms in total. The van der Waals surface area contributed by atoms with Gasteiger partial charge in [0, 0.05) is 25.8 Å². The molecule has 0 aliphatic carbocycles. The average Bonchev–Trinajstić information content (AvgIpc) is 2.46. The first-order valence-electron chi connectivity index (χ1n) is 7.56. The van der Waals surface area contributed by atoms with Crippen molar-refractivity contribution in [1.29, 1.82) is 0 Å². The van der Waals surface area contributed by atoms with Crippen molar-refractivity contribution in [3.05, 3.63) is 34.4 Å². The highest BCUT2D eigenvalue weighted by Crippen LogP contribution is 2.21. The topological polar surface area (TPSA) is 99.9 Å². The molecule has 1 N–H and O–H groups in total. The van der Waals surface area contributed by atoms with Gasteiger partial charge in [-0.3, -0.25) is 14.9 Å².